The van der Waals surface area contributed by atoms with Crippen molar-refractivity contribution in [3.8, 4) is 0 Å². The number of hydrogen-bond donors (Lipinski definition) is 0. The predicted octanol–water partition coefficient (Wildman–Crippen LogP) is 4.16. The first-order valence-corrected chi connectivity index (χ1v) is 6.65. The van der Waals surface area contributed by atoms with Gasteiger partial charge in [0.25, 0.3) is 0 Å². The Balaban J connectivity index is 1.83. The summed E-state index contributed by atoms with van der Waals surface area (Å²) in [6.07, 6.45) is 4.05. The smallest absolute Gasteiger partial charge is 0.126 e. The normalized spacial score (nSPS) is 34.8. The van der Waals surface area contributed by atoms with Crippen molar-refractivity contribution in [1.82, 2.24) is 0 Å². The zero-order chi connectivity index (χ0) is 12.0. The minimum atomic E-state index is -0.366. The third kappa shape index (κ3) is 2.08. The Morgan fingerprint density at radius 1 is 1.24 bits per heavy atom. The highest BCUT2D eigenvalue weighted by atomic mass is 35.5. The second-order valence-electron chi connectivity index (χ2n) is 5.71. The van der Waals surface area contributed by atoms with Gasteiger partial charge >= 0.3 is 0 Å². The third-order valence-electron chi connectivity index (χ3n) is 4.32. The highest BCUT2D eigenvalue weighted by Gasteiger charge is 2.53. The van der Waals surface area contributed by atoms with Crippen molar-refractivity contribution in [2.45, 2.75) is 25.7 Å². The maximum atomic E-state index is 13.6. The zero-order valence-corrected chi connectivity index (χ0v) is 10.3. The van der Waals surface area contributed by atoms with E-state index in [2.05, 4.69) is 0 Å². The maximum absolute atomic E-state index is 13.6. The van der Waals surface area contributed by atoms with Crippen LogP contribution in [0.2, 0.25) is 0 Å². The molecule has 2 aliphatic carbocycles. The van der Waals surface area contributed by atoms with Gasteiger partial charge in [-0.25, -0.2) is 8.78 Å². The first-order chi connectivity index (χ1) is 8.12. The molecule has 2 aliphatic rings. The molecule has 3 heteroatoms. The Morgan fingerprint density at radius 3 is 2.59 bits per heavy atom. The molecule has 92 valence electrons. The minimum absolute atomic E-state index is 0.00374. The van der Waals surface area contributed by atoms with Gasteiger partial charge in [0.05, 0.1) is 0 Å². The molecule has 0 aromatic heterocycles. The zero-order valence-electron chi connectivity index (χ0n) is 9.56. The Kier molecular flexibility index (Phi) is 2.66. The molecule has 2 atom stereocenters. The SMILES string of the molecule is Fc1ccc(F)c(CC2(CCl)CC3CC3C2)c1. The summed E-state index contributed by atoms with van der Waals surface area (Å²) in [5.74, 6) is 1.47. The van der Waals surface area contributed by atoms with Crippen LogP contribution in [0.25, 0.3) is 0 Å². The summed E-state index contributed by atoms with van der Waals surface area (Å²) in [6.45, 7) is 0. The molecule has 1 aromatic carbocycles. The Hall–Kier alpha value is -0.630. The Morgan fingerprint density at radius 2 is 1.94 bits per heavy atom. The fourth-order valence-electron chi connectivity index (χ4n) is 3.39. The van der Waals surface area contributed by atoms with Crippen LogP contribution in [0.4, 0.5) is 8.78 Å². The average Bonchev–Trinajstić information content (AvgIpc) is 2.92. The first kappa shape index (κ1) is 11.5. The van der Waals surface area contributed by atoms with Crippen LogP contribution in [0.3, 0.4) is 0 Å². The van der Waals surface area contributed by atoms with E-state index in [1.807, 2.05) is 0 Å². The van der Waals surface area contributed by atoms with E-state index in [1.165, 1.54) is 24.6 Å². The highest BCUT2D eigenvalue weighted by molar-refractivity contribution is 6.18. The van der Waals surface area contributed by atoms with E-state index in [1.54, 1.807) is 0 Å². The number of alkyl halides is 1. The lowest BCUT2D eigenvalue weighted by Crippen LogP contribution is -2.24. The van der Waals surface area contributed by atoms with Gasteiger partial charge in [-0.1, -0.05) is 0 Å². The lowest BCUT2D eigenvalue weighted by atomic mass is 9.79. The number of rotatable bonds is 3. The van der Waals surface area contributed by atoms with Crippen LogP contribution < -0.4 is 0 Å². The second-order valence-corrected chi connectivity index (χ2v) is 5.98. The fraction of sp³-hybridized carbons (Fsp3) is 0.571. The lowest BCUT2D eigenvalue weighted by Gasteiger charge is -2.28. The molecule has 0 saturated heterocycles. The summed E-state index contributed by atoms with van der Waals surface area (Å²) in [5.41, 5.74) is 0.482. The van der Waals surface area contributed by atoms with Gasteiger partial charge in [-0.05, 0) is 66.7 Å². The predicted molar refractivity (Wildman–Crippen MR) is 64.0 cm³/mol. The van der Waals surface area contributed by atoms with Gasteiger partial charge in [-0.2, -0.15) is 0 Å². The summed E-state index contributed by atoms with van der Waals surface area (Å²) in [4.78, 5) is 0. The molecule has 1 aromatic rings. The van der Waals surface area contributed by atoms with Gasteiger partial charge in [-0.15, -0.1) is 11.6 Å². The molecule has 0 spiro atoms. The van der Waals surface area contributed by atoms with E-state index in [4.69, 9.17) is 11.6 Å². The van der Waals surface area contributed by atoms with E-state index in [0.717, 1.165) is 24.7 Å². The molecule has 0 amide bonds. The van der Waals surface area contributed by atoms with Crippen molar-refractivity contribution in [2.75, 3.05) is 5.88 Å². The molecular formula is C14H15ClF2. The molecule has 2 saturated carbocycles. The first-order valence-electron chi connectivity index (χ1n) is 6.12. The Labute approximate surface area is 105 Å². The number of hydrogen-bond acceptors (Lipinski definition) is 0. The lowest BCUT2D eigenvalue weighted by molar-refractivity contribution is 0.298. The van der Waals surface area contributed by atoms with Gasteiger partial charge in [-0.3, -0.25) is 0 Å². The van der Waals surface area contributed by atoms with Crippen molar-refractivity contribution < 1.29 is 8.78 Å². The molecule has 3 rings (SSSR count). The van der Waals surface area contributed by atoms with E-state index in [0.29, 0.717) is 17.9 Å². The van der Waals surface area contributed by atoms with E-state index in [9.17, 15) is 8.78 Å². The van der Waals surface area contributed by atoms with Gasteiger partial charge in [0.1, 0.15) is 11.6 Å². The maximum Gasteiger partial charge on any atom is 0.126 e. The molecule has 17 heavy (non-hydrogen) atoms. The molecule has 0 aliphatic heterocycles. The van der Waals surface area contributed by atoms with Gasteiger partial charge in [0, 0.05) is 5.88 Å². The number of halogens is 3. The van der Waals surface area contributed by atoms with Crippen LogP contribution in [0.15, 0.2) is 18.2 Å². The highest BCUT2D eigenvalue weighted by Crippen LogP contribution is 2.61. The number of fused-ring (bicyclic) bond motifs is 1. The summed E-state index contributed by atoms with van der Waals surface area (Å²) in [7, 11) is 0. The summed E-state index contributed by atoms with van der Waals surface area (Å²) in [5, 5.41) is 0. The quantitative estimate of drug-likeness (QED) is 0.713. The summed E-state index contributed by atoms with van der Waals surface area (Å²) < 4.78 is 26.8. The molecule has 0 nitrogen and oxygen atoms in total. The second kappa shape index (κ2) is 3.94. The van der Waals surface area contributed by atoms with Crippen LogP contribution in [0.5, 0.6) is 0 Å². The molecule has 2 unspecified atom stereocenters. The number of benzene rings is 1. The molecule has 0 radical (unpaired) electrons. The molecule has 2 fully saturated rings. The van der Waals surface area contributed by atoms with Crippen molar-refractivity contribution in [1.29, 1.82) is 0 Å². The largest absolute Gasteiger partial charge is 0.207 e. The van der Waals surface area contributed by atoms with Crippen molar-refractivity contribution in [3.05, 3.63) is 35.4 Å². The summed E-state index contributed by atoms with van der Waals surface area (Å²) >= 11 is 6.08. The van der Waals surface area contributed by atoms with Crippen LogP contribution in [0, 0.1) is 28.9 Å². The van der Waals surface area contributed by atoms with Crippen molar-refractivity contribution >= 4 is 11.6 Å². The molecular weight excluding hydrogens is 242 g/mol. The average molecular weight is 257 g/mol. The fourth-order valence-corrected chi connectivity index (χ4v) is 3.70. The van der Waals surface area contributed by atoms with E-state index >= 15 is 0 Å². The van der Waals surface area contributed by atoms with Gasteiger partial charge in [0.2, 0.25) is 0 Å². The monoisotopic (exact) mass is 256 g/mol. The molecule has 0 N–H and O–H groups in total. The van der Waals surface area contributed by atoms with Gasteiger partial charge < -0.3 is 0 Å². The van der Waals surface area contributed by atoms with E-state index < -0.39 is 0 Å². The van der Waals surface area contributed by atoms with Crippen LogP contribution in [0.1, 0.15) is 24.8 Å². The summed E-state index contributed by atoms with van der Waals surface area (Å²) in [6, 6.07) is 3.69. The molecule has 0 heterocycles. The van der Waals surface area contributed by atoms with Crippen LogP contribution in [-0.2, 0) is 6.42 Å². The van der Waals surface area contributed by atoms with Crippen LogP contribution in [-0.4, -0.2) is 5.88 Å². The minimum Gasteiger partial charge on any atom is -0.207 e. The molecule has 0 bridgehead atoms. The Bertz CT molecular complexity index is 434. The van der Waals surface area contributed by atoms with Crippen molar-refractivity contribution in [2.24, 2.45) is 17.3 Å². The van der Waals surface area contributed by atoms with E-state index in [-0.39, 0.29) is 17.0 Å². The van der Waals surface area contributed by atoms with Gasteiger partial charge in [0.15, 0.2) is 0 Å². The van der Waals surface area contributed by atoms with Crippen LogP contribution >= 0.6 is 11.6 Å². The third-order valence-corrected chi connectivity index (χ3v) is 4.88. The topological polar surface area (TPSA) is 0 Å². The van der Waals surface area contributed by atoms with Crippen molar-refractivity contribution in [3.63, 3.8) is 0 Å². The standard InChI is InChI=1S/C14H15ClF2/c15-8-14(5-9-3-10(9)6-14)7-11-4-12(16)1-2-13(11)17/h1-2,4,9-10H,3,5-8H2.